The minimum atomic E-state index is -0.179. The smallest absolute Gasteiger partial charge is 0.226 e. The maximum absolute atomic E-state index is 12.8. The summed E-state index contributed by atoms with van der Waals surface area (Å²) in [5, 5.41) is 12.3. The maximum atomic E-state index is 12.8. The van der Waals surface area contributed by atoms with Crippen LogP contribution in [0.2, 0.25) is 0 Å². The Morgan fingerprint density at radius 3 is 2.32 bits per heavy atom. The lowest BCUT2D eigenvalue weighted by Gasteiger charge is -2.32. The molecule has 0 radical (unpaired) electrons. The summed E-state index contributed by atoms with van der Waals surface area (Å²) in [7, 11) is 0. The molecule has 1 aromatic carbocycles. The van der Waals surface area contributed by atoms with E-state index in [9.17, 15) is 14.7 Å². The number of carbonyl (C=O) groups excluding carboxylic acids is 2. The van der Waals surface area contributed by atoms with Crippen molar-refractivity contribution in [3.63, 3.8) is 0 Å². The number of hydrogen-bond donors (Lipinski definition) is 2. The second-order valence-electron chi connectivity index (χ2n) is 7.24. The Balaban J connectivity index is 1.53. The van der Waals surface area contributed by atoms with Gasteiger partial charge in [0.25, 0.3) is 0 Å². The summed E-state index contributed by atoms with van der Waals surface area (Å²) < 4.78 is 0. The van der Waals surface area contributed by atoms with E-state index in [0.717, 1.165) is 63.6 Å². The lowest BCUT2D eigenvalue weighted by molar-refractivity contribution is -0.142. The number of hydrogen-bond acceptors (Lipinski definition) is 3. The van der Waals surface area contributed by atoms with Crippen LogP contribution in [0.1, 0.15) is 44.1 Å². The van der Waals surface area contributed by atoms with Gasteiger partial charge in [0, 0.05) is 31.5 Å². The highest BCUT2D eigenvalue weighted by molar-refractivity contribution is 5.88. The zero-order chi connectivity index (χ0) is 17.6. The lowest BCUT2D eigenvalue weighted by atomic mass is 9.78. The first kappa shape index (κ1) is 17.8. The molecule has 1 aliphatic carbocycles. The summed E-state index contributed by atoms with van der Waals surface area (Å²) in [6, 6.07) is 7.04. The van der Waals surface area contributed by atoms with Crippen molar-refractivity contribution in [3.05, 3.63) is 29.8 Å². The van der Waals surface area contributed by atoms with E-state index in [1.165, 1.54) is 0 Å². The minimum Gasteiger partial charge on any atom is -0.508 e. The summed E-state index contributed by atoms with van der Waals surface area (Å²) in [5.41, 5.74) is 1.08. The molecule has 1 aromatic rings. The number of nitrogens with one attached hydrogen (secondary N) is 1. The van der Waals surface area contributed by atoms with Crippen LogP contribution >= 0.6 is 0 Å². The second-order valence-corrected chi connectivity index (χ2v) is 7.24. The normalized spacial score (nSPS) is 23.4. The molecule has 2 aliphatic rings. The van der Waals surface area contributed by atoms with E-state index in [0.29, 0.717) is 6.54 Å². The van der Waals surface area contributed by atoms with E-state index >= 15 is 0 Å². The second kappa shape index (κ2) is 8.37. The third-order valence-electron chi connectivity index (χ3n) is 5.49. The highest BCUT2D eigenvalue weighted by Gasteiger charge is 2.38. The van der Waals surface area contributed by atoms with Crippen LogP contribution in [-0.4, -0.2) is 41.5 Å². The minimum absolute atomic E-state index is 0.0241. The molecule has 25 heavy (non-hydrogen) atoms. The van der Waals surface area contributed by atoms with E-state index in [1.54, 1.807) is 12.1 Å². The molecule has 2 atom stereocenters. The highest BCUT2D eigenvalue weighted by atomic mass is 16.3. The van der Waals surface area contributed by atoms with Crippen LogP contribution in [0.25, 0.3) is 0 Å². The molecule has 0 bridgehead atoms. The molecule has 2 N–H and O–H groups in total. The molecule has 5 nitrogen and oxygen atoms in total. The van der Waals surface area contributed by atoms with Crippen molar-refractivity contribution in [1.82, 2.24) is 10.2 Å². The number of likely N-dealkylation sites (tertiary alicyclic amines) is 1. The van der Waals surface area contributed by atoms with Gasteiger partial charge in [0.15, 0.2) is 0 Å². The van der Waals surface area contributed by atoms with Crippen molar-refractivity contribution in [2.24, 2.45) is 11.8 Å². The summed E-state index contributed by atoms with van der Waals surface area (Å²) in [5.74, 6) is 0.146. The van der Waals surface area contributed by atoms with Gasteiger partial charge in [-0.15, -0.1) is 0 Å². The first-order valence-corrected chi connectivity index (χ1v) is 9.49. The van der Waals surface area contributed by atoms with Crippen LogP contribution in [-0.2, 0) is 16.0 Å². The molecule has 3 rings (SSSR count). The molecule has 5 heteroatoms. The standard InChI is InChI=1S/C20H28N2O3/c23-16-9-7-15(8-10-16)11-12-21-19(24)17-5-1-2-6-18(17)20(25)22-13-3-4-14-22/h7-10,17-18,23H,1-6,11-14H2,(H,21,24). The predicted molar refractivity (Wildman–Crippen MR) is 96.1 cm³/mol. The molecule has 1 saturated carbocycles. The number of phenols is 1. The zero-order valence-corrected chi connectivity index (χ0v) is 14.7. The van der Waals surface area contributed by atoms with Crippen molar-refractivity contribution < 1.29 is 14.7 Å². The Bertz CT molecular complexity index is 593. The molecule has 0 aromatic heterocycles. The average molecular weight is 344 g/mol. The number of nitrogens with zero attached hydrogens (tertiary/aromatic N) is 1. The molecule has 2 amide bonds. The quantitative estimate of drug-likeness (QED) is 0.862. The van der Waals surface area contributed by atoms with Gasteiger partial charge in [-0.1, -0.05) is 25.0 Å². The van der Waals surface area contributed by atoms with Gasteiger partial charge in [-0.25, -0.2) is 0 Å². The number of amides is 2. The van der Waals surface area contributed by atoms with Crippen LogP contribution in [0.3, 0.4) is 0 Å². The molecular formula is C20H28N2O3. The Kier molecular flexibility index (Phi) is 5.95. The van der Waals surface area contributed by atoms with Gasteiger partial charge in [0.1, 0.15) is 5.75 Å². The molecule has 2 fully saturated rings. The van der Waals surface area contributed by atoms with E-state index in [2.05, 4.69) is 5.32 Å². The van der Waals surface area contributed by atoms with Gasteiger partial charge in [0.2, 0.25) is 11.8 Å². The average Bonchev–Trinajstić information content (AvgIpc) is 3.17. The monoisotopic (exact) mass is 344 g/mol. The highest BCUT2D eigenvalue weighted by Crippen LogP contribution is 2.32. The lowest BCUT2D eigenvalue weighted by Crippen LogP contribution is -2.45. The topological polar surface area (TPSA) is 69.6 Å². The van der Waals surface area contributed by atoms with E-state index < -0.39 is 0 Å². The van der Waals surface area contributed by atoms with E-state index in [-0.39, 0.29) is 29.4 Å². The third-order valence-corrected chi connectivity index (χ3v) is 5.49. The fourth-order valence-corrected chi connectivity index (χ4v) is 4.04. The van der Waals surface area contributed by atoms with Crippen molar-refractivity contribution >= 4 is 11.8 Å². The molecule has 1 heterocycles. The number of carbonyl (C=O) groups is 2. The van der Waals surface area contributed by atoms with Gasteiger partial charge >= 0.3 is 0 Å². The van der Waals surface area contributed by atoms with Crippen molar-refractivity contribution in [2.45, 2.75) is 44.9 Å². The van der Waals surface area contributed by atoms with Crippen molar-refractivity contribution in [2.75, 3.05) is 19.6 Å². The molecule has 136 valence electrons. The zero-order valence-electron chi connectivity index (χ0n) is 14.7. The first-order valence-electron chi connectivity index (χ1n) is 9.49. The van der Waals surface area contributed by atoms with Crippen LogP contribution in [0, 0.1) is 11.8 Å². The molecule has 0 spiro atoms. The van der Waals surface area contributed by atoms with E-state index in [1.807, 2.05) is 17.0 Å². The predicted octanol–water partition coefficient (Wildman–Crippen LogP) is 2.48. The van der Waals surface area contributed by atoms with Crippen LogP contribution in [0.15, 0.2) is 24.3 Å². The van der Waals surface area contributed by atoms with Crippen molar-refractivity contribution in [3.8, 4) is 5.75 Å². The summed E-state index contributed by atoms with van der Waals surface area (Å²) in [4.78, 5) is 27.4. The fourth-order valence-electron chi connectivity index (χ4n) is 4.04. The van der Waals surface area contributed by atoms with E-state index in [4.69, 9.17) is 0 Å². The molecular weight excluding hydrogens is 316 g/mol. The fraction of sp³-hybridized carbons (Fsp3) is 0.600. The van der Waals surface area contributed by atoms with Gasteiger partial charge in [0.05, 0.1) is 0 Å². The SMILES string of the molecule is O=C(NCCc1ccc(O)cc1)C1CCCCC1C(=O)N1CCCC1. The third kappa shape index (κ3) is 4.53. The Labute approximate surface area is 149 Å². The summed E-state index contributed by atoms with van der Waals surface area (Å²) in [6.07, 6.45) is 6.62. The Hall–Kier alpha value is -2.04. The number of aromatic hydroxyl groups is 1. The number of rotatable bonds is 5. The van der Waals surface area contributed by atoms with Gasteiger partial charge in [-0.05, 0) is 49.8 Å². The first-order chi connectivity index (χ1) is 12.1. The summed E-state index contributed by atoms with van der Waals surface area (Å²) in [6.45, 7) is 2.26. The largest absolute Gasteiger partial charge is 0.508 e. The Morgan fingerprint density at radius 2 is 1.64 bits per heavy atom. The van der Waals surface area contributed by atoms with Crippen LogP contribution in [0.5, 0.6) is 5.75 Å². The van der Waals surface area contributed by atoms with Crippen molar-refractivity contribution in [1.29, 1.82) is 0 Å². The molecule has 1 saturated heterocycles. The van der Waals surface area contributed by atoms with Gasteiger partial charge in [-0.2, -0.15) is 0 Å². The molecule has 1 aliphatic heterocycles. The Morgan fingerprint density at radius 1 is 1.00 bits per heavy atom. The van der Waals surface area contributed by atoms with Gasteiger partial charge < -0.3 is 15.3 Å². The van der Waals surface area contributed by atoms with Crippen LogP contribution in [0.4, 0.5) is 0 Å². The summed E-state index contributed by atoms with van der Waals surface area (Å²) >= 11 is 0. The number of phenolic OH excluding ortho intramolecular Hbond substituents is 1. The molecule has 2 unspecified atom stereocenters. The maximum Gasteiger partial charge on any atom is 0.226 e. The van der Waals surface area contributed by atoms with Crippen LogP contribution < -0.4 is 5.32 Å². The number of benzene rings is 1. The van der Waals surface area contributed by atoms with Gasteiger partial charge in [-0.3, -0.25) is 9.59 Å².